The van der Waals surface area contributed by atoms with Crippen LogP contribution in [-0.2, 0) is 6.42 Å². The minimum atomic E-state index is 0.0583. The van der Waals surface area contributed by atoms with Crippen molar-refractivity contribution in [1.82, 2.24) is 4.98 Å². The third kappa shape index (κ3) is 2.93. The van der Waals surface area contributed by atoms with Gasteiger partial charge in [0.25, 0.3) is 0 Å². The van der Waals surface area contributed by atoms with Crippen molar-refractivity contribution in [1.29, 1.82) is 0 Å². The van der Waals surface area contributed by atoms with Gasteiger partial charge in [0.15, 0.2) is 0 Å². The van der Waals surface area contributed by atoms with Crippen LogP contribution in [0.5, 0.6) is 0 Å². The Kier molecular flexibility index (Phi) is 3.60. The molecule has 0 spiro atoms. The molecule has 0 fully saturated rings. The van der Waals surface area contributed by atoms with Gasteiger partial charge in [-0.25, -0.2) is 4.98 Å². The Morgan fingerprint density at radius 1 is 1.29 bits per heavy atom. The van der Waals surface area contributed by atoms with Crippen LogP contribution >= 0.6 is 11.3 Å². The fourth-order valence-electron chi connectivity index (χ4n) is 2.08. The van der Waals surface area contributed by atoms with Crippen LogP contribution in [0.1, 0.15) is 32.7 Å². The maximum Gasteiger partial charge on any atom is 0.0900 e. The number of thiazole rings is 1. The minimum absolute atomic E-state index is 0.0583. The van der Waals surface area contributed by atoms with Gasteiger partial charge in [0, 0.05) is 10.9 Å². The first kappa shape index (κ1) is 12.3. The normalized spacial score (nSPS) is 12.7. The van der Waals surface area contributed by atoms with E-state index in [0.717, 1.165) is 17.1 Å². The van der Waals surface area contributed by atoms with Crippen LogP contribution in [0, 0.1) is 20.8 Å². The predicted molar refractivity (Wildman–Crippen MR) is 73.4 cm³/mol. The Hall–Kier alpha value is -1.19. The molecule has 1 heterocycles. The van der Waals surface area contributed by atoms with Crippen LogP contribution in [0.15, 0.2) is 24.3 Å². The molecule has 1 aromatic carbocycles. The summed E-state index contributed by atoms with van der Waals surface area (Å²) in [6.45, 7) is 6.17. The number of benzene rings is 1. The molecular formula is C14H18N2S. The second-order valence-electron chi connectivity index (χ2n) is 4.48. The van der Waals surface area contributed by atoms with E-state index in [1.165, 1.54) is 16.0 Å². The van der Waals surface area contributed by atoms with Gasteiger partial charge in [0.1, 0.15) is 0 Å². The van der Waals surface area contributed by atoms with Crippen LogP contribution in [0.25, 0.3) is 0 Å². The molecule has 17 heavy (non-hydrogen) atoms. The highest BCUT2D eigenvalue weighted by Gasteiger charge is 2.13. The molecule has 3 heteroatoms. The molecule has 0 aliphatic rings. The first-order valence-corrected chi connectivity index (χ1v) is 6.63. The SMILES string of the molecule is Cc1cccc(CC(N)c2sc(C)nc2C)c1. The van der Waals surface area contributed by atoms with E-state index in [9.17, 15) is 0 Å². The monoisotopic (exact) mass is 246 g/mol. The Labute approximate surface area is 107 Å². The van der Waals surface area contributed by atoms with Gasteiger partial charge < -0.3 is 5.73 Å². The lowest BCUT2D eigenvalue weighted by molar-refractivity contribution is 0.728. The Bertz CT molecular complexity index is 517. The highest BCUT2D eigenvalue weighted by Crippen LogP contribution is 2.25. The molecule has 0 bridgehead atoms. The quantitative estimate of drug-likeness (QED) is 0.902. The van der Waals surface area contributed by atoms with Crippen LogP contribution in [-0.4, -0.2) is 4.98 Å². The first-order chi connectivity index (χ1) is 8.06. The molecule has 2 N–H and O–H groups in total. The van der Waals surface area contributed by atoms with Crippen molar-refractivity contribution in [3.8, 4) is 0 Å². The van der Waals surface area contributed by atoms with Crippen LogP contribution in [0.4, 0.5) is 0 Å². The van der Waals surface area contributed by atoms with Crippen molar-refractivity contribution < 1.29 is 0 Å². The van der Waals surface area contributed by atoms with Crippen LogP contribution in [0.3, 0.4) is 0 Å². The molecular weight excluding hydrogens is 228 g/mol. The zero-order chi connectivity index (χ0) is 12.4. The molecule has 2 aromatic rings. The highest BCUT2D eigenvalue weighted by atomic mass is 32.1. The van der Waals surface area contributed by atoms with E-state index >= 15 is 0 Å². The molecule has 1 aromatic heterocycles. The summed E-state index contributed by atoms with van der Waals surface area (Å²) >= 11 is 1.71. The summed E-state index contributed by atoms with van der Waals surface area (Å²) in [5, 5.41) is 1.09. The Balaban J connectivity index is 2.16. The Morgan fingerprint density at radius 3 is 2.65 bits per heavy atom. The molecule has 0 saturated heterocycles. The van der Waals surface area contributed by atoms with E-state index in [0.29, 0.717) is 0 Å². The summed E-state index contributed by atoms with van der Waals surface area (Å²) in [6.07, 6.45) is 0.879. The second kappa shape index (κ2) is 4.98. The van der Waals surface area contributed by atoms with E-state index < -0.39 is 0 Å². The van der Waals surface area contributed by atoms with Gasteiger partial charge in [-0.2, -0.15) is 0 Å². The van der Waals surface area contributed by atoms with E-state index in [4.69, 9.17) is 5.73 Å². The molecule has 0 amide bonds. The summed E-state index contributed by atoms with van der Waals surface area (Å²) in [7, 11) is 0. The third-order valence-corrected chi connectivity index (χ3v) is 4.02. The van der Waals surface area contributed by atoms with Gasteiger partial charge in [-0.05, 0) is 32.8 Å². The summed E-state index contributed by atoms with van der Waals surface area (Å²) in [5.41, 5.74) is 9.92. The molecule has 0 aliphatic carbocycles. The van der Waals surface area contributed by atoms with Crippen molar-refractivity contribution in [2.75, 3.05) is 0 Å². The molecule has 2 nitrogen and oxygen atoms in total. The van der Waals surface area contributed by atoms with Crippen molar-refractivity contribution >= 4 is 11.3 Å². The molecule has 1 atom stereocenters. The molecule has 2 rings (SSSR count). The van der Waals surface area contributed by atoms with Crippen LogP contribution < -0.4 is 5.73 Å². The molecule has 0 saturated carbocycles. The van der Waals surface area contributed by atoms with Gasteiger partial charge in [-0.15, -0.1) is 11.3 Å². The smallest absolute Gasteiger partial charge is 0.0900 e. The number of hydrogen-bond acceptors (Lipinski definition) is 3. The topological polar surface area (TPSA) is 38.9 Å². The second-order valence-corrected chi connectivity index (χ2v) is 5.72. The largest absolute Gasteiger partial charge is 0.323 e. The Morgan fingerprint density at radius 2 is 2.06 bits per heavy atom. The number of nitrogens with zero attached hydrogens (tertiary/aromatic N) is 1. The van der Waals surface area contributed by atoms with Gasteiger partial charge >= 0.3 is 0 Å². The summed E-state index contributed by atoms with van der Waals surface area (Å²) in [5.74, 6) is 0. The summed E-state index contributed by atoms with van der Waals surface area (Å²) in [6, 6.07) is 8.58. The lowest BCUT2D eigenvalue weighted by atomic mass is 10.0. The van der Waals surface area contributed by atoms with E-state index in [1.54, 1.807) is 11.3 Å². The number of aryl methyl sites for hydroxylation is 3. The van der Waals surface area contributed by atoms with E-state index in [-0.39, 0.29) is 6.04 Å². The molecule has 0 radical (unpaired) electrons. The average Bonchev–Trinajstić information content (AvgIpc) is 2.58. The standard InChI is InChI=1S/C14H18N2S/c1-9-5-4-6-12(7-9)8-13(15)14-10(2)16-11(3)17-14/h4-7,13H,8,15H2,1-3H3. The maximum atomic E-state index is 6.26. The third-order valence-electron chi connectivity index (χ3n) is 2.81. The highest BCUT2D eigenvalue weighted by molar-refractivity contribution is 7.11. The summed E-state index contributed by atoms with van der Waals surface area (Å²) in [4.78, 5) is 5.64. The van der Waals surface area contributed by atoms with Crippen LogP contribution in [0.2, 0.25) is 0 Å². The van der Waals surface area contributed by atoms with Gasteiger partial charge in [0.2, 0.25) is 0 Å². The fourth-order valence-corrected chi connectivity index (χ4v) is 3.01. The molecule has 0 aliphatic heterocycles. The number of aromatic nitrogens is 1. The lowest BCUT2D eigenvalue weighted by Gasteiger charge is -2.10. The van der Waals surface area contributed by atoms with E-state index in [2.05, 4.69) is 36.2 Å². The van der Waals surface area contributed by atoms with Crippen molar-refractivity contribution in [3.05, 3.63) is 51.0 Å². The zero-order valence-corrected chi connectivity index (χ0v) is 11.3. The van der Waals surface area contributed by atoms with Gasteiger partial charge in [-0.1, -0.05) is 29.8 Å². The summed E-state index contributed by atoms with van der Waals surface area (Å²) < 4.78 is 0. The molecule has 90 valence electrons. The zero-order valence-electron chi connectivity index (χ0n) is 10.5. The molecule has 1 unspecified atom stereocenters. The number of hydrogen-bond donors (Lipinski definition) is 1. The first-order valence-electron chi connectivity index (χ1n) is 5.81. The van der Waals surface area contributed by atoms with E-state index in [1.807, 2.05) is 13.8 Å². The predicted octanol–water partition coefficient (Wildman–Crippen LogP) is 3.31. The van der Waals surface area contributed by atoms with Gasteiger partial charge in [-0.3, -0.25) is 0 Å². The average molecular weight is 246 g/mol. The lowest BCUT2D eigenvalue weighted by Crippen LogP contribution is -2.13. The van der Waals surface area contributed by atoms with Crippen molar-refractivity contribution in [2.24, 2.45) is 5.73 Å². The van der Waals surface area contributed by atoms with Crippen molar-refractivity contribution in [2.45, 2.75) is 33.2 Å². The minimum Gasteiger partial charge on any atom is -0.323 e. The van der Waals surface area contributed by atoms with Crippen molar-refractivity contribution in [3.63, 3.8) is 0 Å². The maximum absolute atomic E-state index is 6.26. The number of rotatable bonds is 3. The fraction of sp³-hybridized carbons (Fsp3) is 0.357. The number of nitrogens with two attached hydrogens (primary N) is 1. The van der Waals surface area contributed by atoms with Gasteiger partial charge in [0.05, 0.1) is 10.7 Å².